The molecule has 0 atom stereocenters. The Labute approximate surface area is 120 Å². The third-order valence-electron chi connectivity index (χ3n) is 2.88. The van der Waals surface area contributed by atoms with Gasteiger partial charge >= 0.3 is 0 Å². The number of aromatic nitrogens is 3. The van der Waals surface area contributed by atoms with E-state index < -0.39 is 0 Å². The van der Waals surface area contributed by atoms with Crippen molar-refractivity contribution in [3.63, 3.8) is 0 Å². The zero-order chi connectivity index (χ0) is 13.9. The first-order valence-corrected chi connectivity index (χ1v) is 6.88. The molecule has 0 saturated carbocycles. The summed E-state index contributed by atoms with van der Waals surface area (Å²) in [5.74, 6) is 0.784. The lowest BCUT2D eigenvalue weighted by Gasteiger charge is -2.02. The van der Waals surface area contributed by atoms with Crippen molar-refractivity contribution in [3.05, 3.63) is 42.1 Å². The van der Waals surface area contributed by atoms with Gasteiger partial charge in [0.15, 0.2) is 5.16 Å². The summed E-state index contributed by atoms with van der Waals surface area (Å²) >= 11 is 1.40. The van der Waals surface area contributed by atoms with Crippen molar-refractivity contribution in [2.24, 2.45) is 0 Å². The predicted octanol–water partition coefficient (Wildman–Crippen LogP) is 2.61. The van der Waals surface area contributed by atoms with E-state index in [9.17, 15) is 5.11 Å². The molecule has 3 aromatic rings. The highest BCUT2D eigenvalue weighted by atomic mass is 32.2. The fraction of sp³-hybridized carbons (Fsp3) is 0.143. The third-order valence-corrected chi connectivity index (χ3v) is 3.83. The monoisotopic (exact) mass is 287 g/mol. The van der Waals surface area contributed by atoms with Crippen LogP contribution in [0.25, 0.3) is 11.0 Å². The lowest BCUT2D eigenvalue weighted by atomic mass is 10.3. The van der Waals surface area contributed by atoms with Crippen LogP contribution in [0.1, 0.15) is 5.56 Å². The molecular weight excluding hydrogens is 274 g/mol. The fourth-order valence-corrected chi connectivity index (χ4v) is 2.73. The van der Waals surface area contributed by atoms with Crippen LogP contribution < -0.4 is 4.74 Å². The molecule has 1 aromatic carbocycles. The van der Waals surface area contributed by atoms with E-state index >= 15 is 0 Å². The van der Waals surface area contributed by atoms with E-state index in [0.717, 1.165) is 32.5 Å². The molecule has 2 heterocycles. The summed E-state index contributed by atoms with van der Waals surface area (Å²) < 4.78 is 5.19. The molecule has 0 aliphatic carbocycles. The highest BCUT2D eigenvalue weighted by molar-refractivity contribution is 7.99. The van der Waals surface area contributed by atoms with Crippen LogP contribution in [-0.2, 0) is 6.61 Å². The van der Waals surface area contributed by atoms with Gasteiger partial charge in [0.2, 0.25) is 0 Å². The van der Waals surface area contributed by atoms with Crippen molar-refractivity contribution in [2.45, 2.75) is 16.8 Å². The molecule has 0 amide bonds. The Hall–Kier alpha value is -2.05. The number of methoxy groups -OCH3 is 1. The van der Waals surface area contributed by atoms with Gasteiger partial charge in [-0.15, -0.1) is 0 Å². The highest BCUT2D eigenvalue weighted by Crippen LogP contribution is 2.29. The molecule has 5 nitrogen and oxygen atoms in total. The molecule has 102 valence electrons. The van der Waals surface area contributed by atoms with E-state index in [1.165, 1.54) is 11.8 Å². The minimum absolute atomic E-state index is 0.0375. The number of aliphatic hydroxyl groups excluding tert-OH is 1. The molecular formula is C14H13N3O2S. The van der Waals surface area contributed by atoms with Gasteiger partial charge in [0.25, 0.3) is 0 Å². The number of rotatable bonds is 4. The second-order valence-electron chi connectivity index (χ2n) is 4.15. The second kappa shape index (κ2) is 5.52. The number of pyridine rings is 1. The van der Waals surface area contributed by atoms with Gasteiger partial charge < -0.3 is 14.8 Å². The van der Waals surface area contributed by atoms with Gasteiger partial charge in [-0.3, -0.25) is 0 Å². The first-order valence-electron chi connectivity index (χ1n) is 6.06. The smallest absolute Gasteiger partial charge is 0.172 e. The number of H-pyrrole nitrogens is 1. The number of nitrogens with one attached hydrogen (secondary N) is 1. The van der Waals surface area contributed by atoms with E-state index in [0.29, 0.717) is 0 Å². The number of aliphatic hydroxyl groups is 1. The number of benzene rings is 1. The Morgan fingerprint density at radius 2 is 2.25 bits per heavy atom. The summed E-state index contributed by atoms with van der Waals surface area (Å²) in [6.45, 7) is -0.0375. The van der Waals surface area contributed by atoms with Crippen molar-refractivity contribution < 1.29 is 9.84 Å². The number of ether oxygens (including phenoxy) is 1. The minimum atomic E-state index is -0.0375. The summed E-state index contributed by atoms with van der Waals surface area (Å²) in [6.07, 6.45) is 1.70. The maximum absolute atomic E-state index is 9.30. The lowest BCUT2D eigenvalue weighted by Crippen LogP contribution is -1.90. The molecule has 6 heteroatoms. The van der Waals surface area contributed by atoms with Gasteiger partial charge in [0.1, 0.15) is 10.8 Å². The molecule has 20 heavy (non-hydrogen) atoms. The number of imidazole rings is 1. The van der Waals surface area contributed by atoms with Crippen molar-refractivity contribution in [3.8, 4) is 5.75 Å². The van der Waals surface area contributed by atoms with E-state index in [4.69, 9.17) is 4.74 Å². The molecule has 2 aromatic heterocycles. The molecule has 0 saturated heterocycles. The van der Waals surface area contributed by atoms with Crippen molar-refractivity contribution >= 4 is 22.8 Å². The maximum Gasteiger partial charge on any atom is 0.172 e. The van der Waals surface area contributed by atoms with Crippen LogP contribution in [0.15, 0.2) is 46.7 Å². The third kappa shape index (κ3) is 2.48. The van der Waals surface area contributed by atoms with Crippen molar-refractivity contribution in [2.75, 3.05) is 7.11 Å². The lowest BCUT2D eigenvalue weighted by molar-refractivity contribution is 0.278. The zero-order valence-electron chi connectivity index (χ0n) is 10.8. The van der Waals surface area contributed by atoms with Gasteiger partial charge in [-0.05, 0) is 30.0 Å². The Balaban J connectivity index is 1.94. The van der Waals surface area contributed by atoms with E-state index in [1.807, 2.05) is 24.3 Å². The number of hydrogen-bond donors (Lipinski definition) is 2. The molecule has 0 aliphatic rings. The van der Waals surface area contributed by atoms with Crippen LogP contribution in [0.4, 0.5) is 0 Å². The molecule has 2 N–H and O–H groups in total. The summed E-state index contributed by atoms with van der Waals surface area (Å²) in [6, 6.07) is 9.33. The van der Waals surface area contributed by atoms with Crippen LogP contribution in [0, 0.1) is 0 Å². The van der Waals surface area contributed by atoms with E-state index in [-0.39, 0.29) is 6.61 Å². The molecule has 0 unspecified atom stereocenters. The highest BCUT2D eigenvalue weighted by Gasteiger charge is 2.09. The average Bonchev–Trinajstić information content (AvgIpc) is 2.89. The van der Waals surface area contributed by atoms with Crippen molar-refractivity contribution in [1.82, 2.24) is 15.0 Å². The van der Waals surface area contributed by atoms with Crippen LogP contribution in [0.5, 0.6) is 5.75 Å². The average molecular weight is 287 g/mol. The van der Waals surface area contributed by atoms with Crippen LogP contribution >= 0.6 is 11.8 Å². The summed E-state index contributed by atoms with van der Waals surface area (Å²) in [5.41, 5.74) is 2.57. The quantitative estimate of drug-likeness (QED) is 0.772. The minimum Gasteiger partial charge on any atom is -0.497 e. The summed E-state index contributed by atoms with van der Waals surface area (Å²) in [4.78, 5) is 12.0. The Kier molecular flexibility index (Phi) is 3.58. The maximum atomic E-state index is 9.30. The van der Waals surface area contributed by atoms with Gasteiger partial charge in [-0.25, -0.2) is 9.97 Å². The normalized spacial score (nSPS) is 10.9. The molecule has 0 fully saturated rings. The van der Waals surface area contributed by atoms with Crippen LogP contribution in [0.2, 0.25) is 0 Å². The van der Waals surface area contributed by atoms with Crippen LogP contribution in [0.3, 0.4) is 0 Å². The summed E-state index contributed by atoms with van der Waals surface area (Å²) in [7, 11) is 1.63. The molecule has 0 radical (unpaired) electrons. The van der Waals surface area contributed by atoms with Gasteiger partial charge in [0, 0.05) is 17.8 Å². The van der Waals surface area contributed by atoms with Gasteiger partial charge in [-0.1, -0.05) is 6.07 Å². The number of fused-ring (bicyclic) bond motifs is 1. The number of hydrogen-bond acceptors (Lipinski definition) is 5. The molecule has 0 aliphatic heterocycles. The Morgan fingerprint density at radius 3 is 3.05 bits per heavy atom. The first-order chi connectivity index (χ1) is 9.80. The van der Waals surface area contributed by atoms with E-state index in [2.05, 4.69) is 15.0 Å². The Bertz CT molecular complexity index is 742. The molecule has 0 spiro atoms. The van der Waals surface area contributed by atoms with Crippen molar-refractivity contribution in [1.29, 1.82) is 0 Å². The predicted molar refractivity (Wildman–Crippen MR) is 76.9 cm³/mol. The Morgan fingerprint density at radius 1 is 1.35 bits per heavy atom. The number of aromatic amines is 1. The fourth-order valence-electron chi connectivity index (χ4n) is 1.87. The second-order valence-corrected chi connectivity index (χ2v) is 5.13. The van der Waals surface area contributed by atoms with Crippen LogP contribution in [-0.4, -0.2) is 27.2 Å². The zero-order valence-corrected chi connectivity index (χ0v) is 11.6. The molecule has 0 bridgehead atoms. The van der Waals surface area contributed by atoms with Gasteiger partial charge in [-0.2, -0.15) is 0 Å². The molecule has 3 rings (SSSR count). The topological polar surface area (TPSA) is 71.0 Å². The largest absolute Gasteiger partial charge is 0.497 e. The number of nitrogens with zero attached hydrogens (tertiary/aromatic N) is 2. The van der Waals surface area contributed by atoms with E-state index in [1.54, 1.807) is 19.4 Å². The SMILES string of the molecule is COc1ccc2nc(Sc3ncccc3CO)[nH]c2c1. The van der Waals surface area contributed by atoms with Gasteiger partial charge in [0.05, 0.1) is 24.8 Å². The first kappa shape index (κ1) is 13.0. The standard InChI is InChI=1S/C14H13N3O2S/c1-19-10-4-5-11-12(7-10)17-14(16-11)20-13-9(8-18)3-2-6-15-13/h2-7,18H,8H2,1H3,(H,16,17). The summed E-state index contributed by atoms with van der Waals surface area (Å²) in [5, 5.41) is 10.8.